The summed E-state index contributed by atoms with van der Waals surface area (Å²) >= 11 is 0. The van der Waals surface area contributed by atoms with E-state index in [1.54, 1.807) is 0 Å². The van der Waals surface area contributed by atoms with Crippen molar-refractivity contribution in [3.63, 3.8) is 0 Å². The minimum absolute atomic E-state index is 0.0516. The molecule has 1 fully saturated rings. The van der Waals surface area contributed by atoms with Gasteiger partial charge in [0.05, 0.1) is 6.10 Å². The van der Waals surface area contributed by atoms with Crippen LogP contribution in [0.5, 0.6) is 0 Å². The average Bonchev–Trinajstić information content (AvgIpc) is 3.04. The summed E-state index contributed by atoms with van der Waals surface area (Å²) in [5.41, 5.74) is 11.6. The number of nitrogens with two attached hydrogens (primary N) is 1. The van der Waals surface area contributed by atoms with Gasteiger partial charge in [0.1, 0.15) is 0 Å². The molecule has 3 unspecified atom stereocenters. The fraction of sp³-hybridized carbons (Fsp3) is 0.409. The molecule has 0 saturated heterocycles. The first kappa shape index (κ1) is 21.5. The highest BCUT2D eigenvalue weighted by molar-refractivity contribution is 6.99. The Bertz CT molecular complexity index is 772. The minimum atomic E-state index is -2.68. The monoisotopic (exact) mass is 413 g/mol. The third kappa shape index (κ3) is 4.53. The third-order valence-corrected chi connectivity index (χ3v) is 10.7. The van der Waals surface area contributed by atoms with Crippen molar-refractivity contribution < 1.29 is 14.3 Å². The SMILES string of the molecule is CC(C)(C)[Si](OC1CC(NNC(=O)O)CC1N)(c1ccccc1)c1ccccc1. The van der Waals surface area contributed by atoms with E-state index in [1.165, 1.54) is 10.4 Å². The molecule has 7 heteroatoms. The zero-order chi connectivity index (χ0) is 21.1. The predicted octanol–water partition coefficient (Wildman–Crippen LogP) is 2.19. The van der Waals surface area contributed by atoms with Gasteiger partial charge in [-0.1, -0.05) is 81.4 Å². The van der Waals surface area contributed by atoms with Gasteiger partial charge in [-0.2, -0.15) is 0 Å². The zero-order valence-corrected chi connectivity index (χ0v) is 18.3. The summed E-state index contributed by atoms with van der Waals surface area (Å²) in [4.78, 5) is 10.8. The lowest BCUT2D eigenvalue weighted by Crippen LogP contribution is -2.68. The predicted molar refractivity (Wildman–Crippen MR) is 118 cm³/mol. The number of carbonyl (C=O) groups is 1. The molecule has 0 radical (unpaired) electrons. The molecule has 5 N–H and O–H groups in total. The van der Waals surface area contributed by atoms with Gasteiger partial charge in [-0.05, 0) is 28.3 Å². The van der Waals surface area contributed by atoms with Crippen LogP contribution >= 0.6 is 0 Å². The van der Waals surface area contributed by atoms with Crippen LogP contribution in [-0.2, 0) is 4.43 Å². The molecule has 0 spiro atoms. The molecular weight excluding hydrogens is 382 g/mol. The average molecular weight is 414 g/mol. The molecule has 1 aliphatic rings. The van der Waals surface area contributed by atoms with Crippen LogP contribution < -0.4 is 27.0 Å². The van der Waals surface area contributed by atoms with Crippen LogP contribution in [-0.4, -0.2) is 37.7 Å². The molecule has 0 aromatic heterocycles. The molecule has 2 aromatic rings. The van der Waals surface area contributed by atoms with Crippen molar-refractivity contribution in [3.05, 3.63) is 60.7 Å². The van der Waals surface area contributed by atoms with Crippen LogP contribution in [0.4, 0.5) is 4.79 Å². The summed E-state index contributed by atoms with van der Waals surface area (Å²) in [6.07, 6.45) is 0.0547. The molecule has 1 aliphatic carbocycles. The maximum Gasteiger partial charge on any atom is 0.419 e. The Hall–Kier alpha value is -2.19. The standard InChI is InChI=1S/C22H31N3O3Si/c1-22(2,3)29(17-10-6-4-7-11-17,18-12-8-5-9-13-18)28-20-15-16(14-19(20)23)24-25-21(26)27/h4-13,16,19-20,24-25H,14-15,23H2,1-3H3,(H,26,27). The number of hydrogen-bond acceptors (Lipinski definition) is 4. The highest BCUT2D eigenvalue weighted by Crippen LogP contribution is 2.39. The van der Waals surface area contributed by atoms with Crippen LogP contribution in [0.25, 0.3) is 0 Å². The molecule has 0 heterocycles. The van der Waals surface area contributed by atoms with E-state index in [1.807, 2.05) is 12.1 Å². The second-order valence-corrected chi connectivity index (χ2v) is 13.0. The Morgan fingerprint density at radius 3 is 2.00 bits per heavy atom. The first-order valence-corrected chi connectivity index (χ1v) is 11.9. The number of benzene rings is 2. The van der Waals surface area contributed by atoms with Crippen molar-refractivity contribution in [1.82, 2.24) is 10.9 Å². The van der Waals surface area contributed by atoms with Gasteiger partial charge in [-0.15, -0.1) is 0 Å². The molecular formula is C22H31N3O3Si. The molecule has 3 rings (SSSR count). The van der Waals surface area contributed by atoms with Gasteiger partial charge in [-0.3, -0.25) is 5.43 Å². The van der Waals surface area contributed by atoms with Gasteiger partial charge in [0.25, 0.3) is 8.32 Å². The number of nitrogens with one attached hydrogen (secondary N) is 2. The normalized spacial score (nSPS) is 22.4. The van der Waals surface area contributed by atoms with Crippen molar-refractivity contribution in [1.29, 1.82) is 0 Å². The van der Waals surface area contributed by atoms with E-state index >= 15 is 0 Å². The number of carboxylic acid groups (broad SMARTS) is 1. The van der Waals surface area contributed by atoms with Crippen molar-refractivity contribution >= 4 is 24.8 Å². The van der Waals surface area contributed by atoms with E-state index < -0.39 is 14.4 Å². The first-order valence-electron chi connectivity index (χ1n) is 10.0. The van der Waals surface area contributed by atoms with E-state index in [2.05, 4.69) is 80.2 Å². The molecule has 0 bridgehead atoms. The molecule has 29 heavy (non-hydrogen) atoms. The van der Waals surface area contributed by atoms with E-state index in [0.29, 0.717) is 12.8 Å². The Kier molecular flexibility index (Phi) is 6.43. The molecule has 156 valence electrons. The van der Waals surface area contributed by atoms with Gasteiger partial charge in [-0.25, -0.2) is 10.2 Å². The van der Waals surface area contributed by atoms with Crippen molar-refractivity contribution in [2.24, 2.45) is 5.73 Å². The molecule has 6 nitrogen and oxygen atoms in total. The van der Waals surface area contributed by atoms with Gasteiger partial charge in [0, 0.05) is 12.1 Å². The maximum atomic E-state index is 10.8. The number of hydrogen-bond donors (Lipinski definition) is 4. The lowest BCUT2D eigenvalue weighted by molar-refractivity contribution is 0.171. The molecule has 3 atom stereocenters. The Balaban J connectivity index is 1.99. The van der Waals surface area contributed by atoms with Gasteiger partial charge >= 0.3 is 6.09 Å². The highest BCUT2D eigenvalue weighted by Gasteiger charge is 2.53. The zero-order valence-electron chi connectivity index (χ0n) is 17.3. The maximum absolute atomic E-state index is 10.8. The fourth-order valence-electron chi connectivity index (χ4n) is 4.37. The van der Waals surface area contributed by atoms with E-state index in [0.717, 1.165) is 0 Å². The number of amides is 1. The topological polar surface area (TPSA) is 96.6 Å². The van der Waals surface area contributed by atoms with Gasteiger partial charge in [0.2, 0.25) is 0 Å². The molecule has 0 aliphatic heterocycles. The Morgan fingerprint density at radius 1 is 1.03 bits per heavy atom. The minimum Gasteiger partial charge on any atom is -0.464 e. The van der Waals surface area contributed by atoms with Crippen molar-refractivity contribution in [2.75, 3.05) is 0 Å². The Labute approximate surface area is 173 Å². The molecule has 1 amide bonds. The quantitative estimate of drug-likeness (QED) is 0.430. The van der Waals surface area contributed by atoms with E-state index in [9.17, 15) is 4.79 Å². The summed E-state index contributed by atoms with van der Waals surface area (Å²) in [6.45, 7) is 6.71. The fourth-order valence-corrected chi connectivity index (χ4v) is 9.11. The van der Waals surface area contributed by atoms with Gasteiger partial charge in [0.15, 0.2) is 0 Å². The summed E-state index contributed by atoms with van der Waals surface area (Å²) in [5, 5.41) is 11.2. The van der Waals surface area contributed by atoms with Crippen molar-refractivity contribution in [3.8, 4) is 0 Å². The van der Waals surface area contributed by atoms with Gasteiger partial charge < -0.3 is 15.3 Å². The number of hydrazine groups is 1. The van der Waals surface area contributed by atoms with Crippen LogP contribution in [0.1, 0.15) is 33.6 Å². The molecule has 1 saturated carbocycles. The van der Waals surface area contributed by atoms with E-state index in [4.69, 9.17) is 15.3 Å². The largest absolute Gasteiger partial charge is 0.464 e. The van der Waals surface area contributed by atoms with E-state index in [-0.39, 0.29) is 23.2 Å². The van der Waals surface area contributed by atoms with Crippen molar-refractivity contribution in [2.45, 2.75) is 56.8 Å². The lowest BCUT2D eigenvalue weighted by atomic mass is 10.2. The van der Waals surface area contributed by atoms with Crippen LogP contribution in [0.3, 0.4) is 0 Å². The summed E-state index contributed by atoms with van der Waals surface area (Å²) in [7, 11) is -2.68. The lowest BCUT2D eigenvalue weighted by Gasteiger charge is -2.45. The summed E-state index contributed by atoms with van der Waals surface area (Å²) in [6, 6.07) is 20.7. The third-order valence-electron chi connectivity index (χ3n) is 5.68. The second-order valence-electron chi connectivity index (χ2n) is 8.73. The first-order chi connectivity index (χ1) is 13.7. The summed E-state index contributed by atoms with van der Waals surface area (Å²) in [5.74, 6) is 0. The second kappa shape index (κ2) is 8.67. The van der Waals surface area contributed by atoms with Crippen LogP contribution in [0.15, 0.2) is 60.7 Å². The number of rotatable bonds is 6. The summed E-state index contributed by atoms with van der Waals surface area (Å²) < 4.78 is 7.08. The smallest absolute Gasteiger partial charge is 0.419 e. The molecule has 2 aromatic carbocycles. The van der Waals surface area contributed by atoms with Crippen LogP contribution in [0.2, 0.25) is 5.04 Å². The highest BCUT2D eigenvalue weighted by atomic mass is 28.4. The Morgan fingerprint density at radius 2 is 1.55 bits per heavy atom. The van der Waals surface area contributed by atoms with Crippen LogP contribution in [0, 0.1) is 0 Å².